The van der Waals surface area contributed by atoms with Crippen LogP contribution in [-0.4, -0.2) is 23.5 Å². The molecule has 0 aliphatic carbocycles. The minimum absolute atomic E-state index is 0.189. The third-order valence-electron chi connectivity index (χ3n) is 2.42. The molecule has 1 aromatic carbocycles. The molecule has 1 aliphatic rings. The lowest BCUT2D eigenvalue weighted by Gasteiger charge is -2.25. The predicted molar refractivity (Wildman–Crippen MR) is 71.7 cm³/mol. The number of thioether (sulfide) groups is 1. The first-order valence-corrected chi connectivity index (χ1v) is 6.84. The van der Waals surface area contributed by atoms with E-state index in [-0.39, 0.29) is 5.91 Å². The van der Waals surface area contributed by atoms with Gasteiger partial charge in [0.15, 0.2) is 0 Å². The summed E-state index contributed by atoms with van der Waals surface area (Å²) in [4.78, 5) is 24.9. The summed E-state index contributed by atoms with van der Waals surface area (Å²) < 4.78 is 0. The van der Waals surface area contributed by atoms with Gasteiger partial charge < -0.3 is 5.32 Å². The third kappa shape index (κ3) is 2.53. The quantitative estimate of drug-likeness (QED) is 0.672. The molecule has 1 N–H and O–H groups in total. The number of carbonyl (C=O) groups excluding carboxylic acids is 2. The predicted octanol–water partition coefficient (Wildman–Crippen LogP) is 2.36. The summed E-state index contributed by atoms with van der Waals surface area (Å²) in [5.74, 6) is 0.112. The van der Waals surface area contributed by atoms with Gasteiger partial charge in [0.25, 0.3) is 0 Å². The Morgan fingerprint density at radius 2 is 2.35 bits per heavy atom. The van der Waals surface area contributed by atoms with Crippen molar-refractivity contribution >= 4 is 44.1 Å². The Labute approximate surface area is 112 Å². The number of hydrogen-bond donors (Lipinski definition) is 1. The lowest BCUT2D eigenvalue weighted by molar-refractivity contribution is -0.115. The first-order valence-electron chi connectivity index (χ1n) is 5.06. The fourth-order valence-corrected chi connectivity index (χ4v) is 2.96. The zero-order valence-corrected chi connectivity index (χ0v) is 11.6. The minimum Gasteiger partial charge on any atom is -0.316 e. The Bertz CT molecular complexity index is 479. The van der Waals surface area contributed by atoms with Gasteiger partial charge in [-0.1, -0.05) is 6.07 Å². The van der Waals surface area contributed by atoms with Crippen LogP contribution in [0.2, 0.25) is 0 Å². The summed E-state index contributed by atoms with van der Waals surface area (Å²) in [5.41, 5.74) is 1.71. The smallest absolute Gasteiger partial charge is 0.300 e. The molecule has 2 rings (SSSR count). The molecule has 4 nitrogen and oxygen atoms in total. The highest BCUT2D eigenvalue weighted by atomic mass is 79.9. The van der Waals surface area contributed by atoms with Crippen molar-refractivity contribution in [3.63, 3.8) is 0 Å². The zero-order chi connectivity index (χ0) is 12.4. The van der Waals surface area contributed by atoms with Crippen LogP contribution >= 0.6 is 27.7 Å². The molecular formula is C11H11BrN2O2S. The summed E-state index contributed by atoms with van der Waals surface area (Å²) in [6, 6.07) is 5.81. The lowest BCUT2D eigenvalue weighted by Crippen LogP contribution is -2.37. The number of amides is 2. The number of nitrogens with zero attached hydrogens (tertiary/aromatic N) is 1. The Balaban J connectivity index is 2.45. The highest BCUT2D eigenvalue weighted by Gasteiger charge is 2.28. The van der Waals surface area contributed by atoms with Crippen LogP contribution in [0.1, 0.15) is 5.56 Å². The van der Waals surface area contributed by atoms with Crippen LogP contribution in [0.25, 0.3) is 0 Å². The van der Waals surface area contributed by atoms with E-state index >= 15 is 0 Å². The standard InChI is InChI=1S/C11H11BrN2O2S/c1-13-5-7-2-3-9-8(4-7)14(11(12)16)10(15)6-17-9/h2-4,13H,5-6H2,1H3. The van der Waals surface area contributed by atoms with E-state index in [9.17, 15) is 9.59 Å². The molecule has 17 heavy (non-hydrogen) atoms. The molecule has 0 radical (unpaired) electrons. The van der Waals surface area contributed by atoms with Crippen molar-refractivity contribution in [3.8, 4) is 0 Å². The molecule has 2 amide bonds. The van der Waals surface area contributed by atoms with E-state index in [4.69, 9.17) is 0 Å². The van der Waals surface area contributed by atoms with Crippen LogP contribution in [0.15, 0.2) is 23.1 Å². The van der Waals surface area contributed by atoms with E-state index in [0.29, 0.717) is 18.0 Å². The van der Waals surface area contributed by atoms with Gasteiger partial charge in [-0.15, -0.1) is 11.8 Å². The van der Waals surface area contributed by atoms with Gasteiger partial charge in [-0.05, 0) is 24.7 Å². The molecule has 0 bridgehead atoms. The Kier molecular flexibility index (Phi) is 3.86. The summed E-state index contributed by atoms with van der Waals surface area (Å²) in [5, 5.41) is 3.04. The first kappa shape index (κ1) is 12.6. The Morgan fingerprint density at radius 1 is 1.59 bits per heavy atom. The number of hydrogen-bond acceptors (Lipinski definition) is 4. The van der Waals surface area contributed by atoms with Crippen molar-refractivity contribution in [1.82, 2.24) is 5.32 Å². The number of carbonyl (C=O) groups is 2. The molecule has 0 saturated heterocycles. The highest BCUT2D eigenvalue weighted by molar-refractivity contribution is 9.18. The largest absolute Gasteiger partial charge is 0.316 e. The molecule has 0 saturated carbocycles. The van der Waals surface area contributed by atoms with E-state index in [1.54, 1.807) is 0 Å². The number of anilines is 1. The van der Waals surface area contributed by atoms with E-state index in [1.807, 2.05) is 25.2 Å². The minimum atomic E-state index is -0.411. The molecule has 0 fully saturated rings. The maximum atomic E-state index is 11.7. The number of imide groups is 1. The highest BCUT2D eigenvalue weighted by Crippen LogP contribution is 2.36. The van der Waals surface area contributed by atoms with Crippen LogP contribution < -0.4 is 10.2 Å². The molecule has 90 valence electrons. The van der Waals surface area contributed by atoms with Gasteiger partial charge in [-0.3, -0.25) is 9.59 Å². The van der Waals surface area contributed by atoms with E-state index in [0.717, 1.165) is 10.5 Å². The van der Waals surface area contributed by atoms with Crippen LogP contribution in [0.3, 0.4) is 0 Å². The molecular weight excluding hydrogens is 304 g/mol. The first-order chi connectivity index (χ1) is 8.13. The van der Waals surface area contributed by atoms with E-state index in [2.05, 4.69) is 21.2 Å². The van der Waals surface area contributed by atoms with Gasteiger partial charge in [0.1, 0.15) is 0 Å². The second-order valence-corrected chi connectivity index (χ2v) is 5.30. The van der Waals surface area contributed by atoms with Gasteiger partial charge >= 0.3 is 4.82 Å². The molecule has 1 aromatic rings. The molecule has 0 unspecified atom stereocenters. The fraction of sp³-hybridized carbons (Fsp3) is 0.273. The average molecular weight is 315 g/mol. The van der Waals surface area contributed by atoms with Crippen molar-refractivity contribution in [2.24, 2.45) is 0 Å². The molecule has 1 aliphatic heterocycles. The summed E-state index contributed by atoms with van der Waals surface area (Å²) >= 11 is 4.31. The fourth-order valence-electron chi connectivity index (χ4n) is 1.70. The van der Waals surface area contributed by atoms with Crippen LogP contribution in [-0.2, 0) is 11.3 Å². The number of nitrogens with one attached hydrogen (secondary N) is 1. The lowest BCUT2D eigenvalue weighted by atomic mass is 10.2. The number of fused-ring (bicyclic) bond motifs is 1. The molecule has 0 spiro atoms. The maximum Gasteiger partial charge on any atom is 0.300 e. The van der Waals surface area contributed by atoms with Gasteiger partial charge in [-0.25, -0.2) is 4.90 Å². The zero-order valence-electron chi connectivity index (χ0n) is 9.20. The molecule has 0 aromatic heterocycles. The normalized spacial score (nSPS) is 14.7. The molecule has 0 atom stereocenters. The van der Waals surface area contributed by atoms with Crippen molar-refractivity contribution in [2.75, 3.05) is 17.7 Å². The van der Waals surface area contributed by atoms with Crippen LogP contribution in [0, 0.1) is 0 Å². The van der Waals surface area contributed by atoms with Crippen molar-refractivity contribution in [2.45, 2.75) is 11.4 Å². The summed E-state index contributed by atoms with van der Waals surface area (Å²) in [6.45, 7) is 0.705. The monoisotopic (exact) mass is 314 g/mol. The van der Waals surface area contributed by atoms with Crippen molar-refractivity contribution in [1.29, 1.82) is 0 Å². The maximum absolute atomic E-state index is 11.7. The van der Waals surface area contributed by atoms with Crippen LogP contribution in [0.4, 0.5) is 10.5 Å². The van der Waals surface area contributed by atoms with Crippen molar-refractivity contribution < 1.29 is 9.59 Å². The van der Waals surface area contributed by atoms with Crippen LogP contribution in [0.5, 0.6) is 0 Å². The third-order valence-corrected chi connectivity index (χ3v) is 3.82. The van der Waals surface area contributed by atoms with Crippen molar-refractivity contribution in [3.05, 3.63) is 23.8 Å². The SMILES string of the molecule is CNCc1ccc2c(c1)N(C(=O)Br)C(=O)CS2. The number of benzene rings is 1. The summed E-state index contributed by atoms with van der Waals surface area (Å²) in [7, 11) is 1.85. The summed E-state index contributed by atoms with van der Waals surface area (Å²) in [6.07, 6.45) is 0. The topological polar surface area (TPSA) is 49.4 Å². The van der Waals surface area contributed by atoms with Gasteiger partial charge in [0.2, 0.25) is 5.91 Å². The molecule has 1 heterocycles. The van der Waals surface area contributed by atoms with Gasteiger partial charge in [0, 0.05) is 27.4 Å². The van der Waals surface area contributed by atoms with E-state index in [1.165, 1.54) is 16.7 Å². The van der Waals surface area contributed by atoms with Gasteiger partial charge in [-0.2, -0.15) is 0 Å². The van der Waals surface area contributed by atoms with Gasteiger partial charge in [0.05, 0.1) is 11.4 Å². The van der Waals surface area contributed by atoms with E-state index < -0.39 is 4.82 Å². The second-order valence-electron chi connectivity index (χ2n) is 3.60. The Morgan fingerprint density at radius 3 is 3.00 bits per heavy atom. The molecule has 6 heteroatoms. The Hall–Kier alpha value is -0.850. The second kappa shape index (κ2) is 5.20. The number of rotatable bonds is 2. The average Bonchev–Trinajstić information content (AvgIpc) is 2.28. The number of halogens is 1.